The fourth-order valence-electron chi connectivity index (χ4n) is 2.57. The average molecular weight is 301 g/mol. The molecule has 0 aromatic heterocycles. The average Bonchev–Trinajstić information content (AvgIpc) is 2.91. The summed E-state index contributed by atoms with van der Waals surface area (Å²) < 4.78 is 40.2. The summed E-state index contributed by atoms with van der Waals surface area (Å²) in [6.45, 7) is 4.07. The van der Waals surface area contributed by atoms with Crippen molar-refractivity contribution in [2.75, 3.05) is 13.1 Å². The standard InChI is InChI=1S/C14H20FNO3S/c1-3-11-4-5-16(8-11)20(18,19)13-6-10(2)14(15)12(7-13)9-17/h6-7,11,17H,3-5,8-9H2,1-2H3. The van der Waals surface area contributed by atoms with Gasteiger partial charge in [-0.05, 0) is 37.0 Å². The molecule has 0 bridgehead atoms. The van der Waals surface area contributed by atoms with Gasteiger partial charge < -0.3 is 5.11 Å². The number of hydrogen-bond donors (Lipinski definition) is 1. The molecule has 1 aliphatic rings. The monoisotopic (exact) mass is 301 g/mol. The van der Waals surface area contributed by atoms with Crippen molar-refractivity contribution >= 4 is 10.0 Å². The number of benzene rings is 1. The second-order valence-corrected chi connectivity index (χ2v) is 7.24. The van der Waals surface area contributed by atoms with Gasteiger partial charge in [-0.1, -0.05) is 13.3 Å². The van der Waals surface area contributed by atoms with E-state index in [-0.39, 0.29) is 16.0 Å². The van der Waals surface area contributed by atoms with Crippen LogP contribution in [0.1, 0.15) is 30.9 Å². The quantitative estimate of drug-likeness (QED) is 0.926. The molecule has 1 aliphatic heterocycles. The van der Waals surface area contributed by atoms with Crippen LogP contribution in [0.25, 0.3) is 0 Å². The van der Waals surface area contributed by atoms with Gasteiger partial charge in [0, 0.05) is 18.7 Å². The molecule has 1 unspecified atom stereocenters. The highest BCUT2D eigenvalue weighted by atomic mass is 32.2. The number of aliphatic hydroxyl groups excluding tert-OH is 1. The van der Waals surface area contributed by atoms with Crippen LogP contribution in [0.2, 0.25) is 0 Å². The molecule has 6 heteroatoms. The van der Waals surface area contributed by atoms with E-state index in [1.807, 2.05) is 6.92 Å². The first-order valence-electron chi connectivity index (χ1n) is 6.80. The van der Waals surface area contributed by atoms with Crippen molar-refractivity contribution in [1.29, 1.82) is 0 Å². The van der Waals surface area contributed by atoms with Crippen LogP contribution in [-0.2, 0) is 16.6 Å². The van der Waals surface area contributed by atoms with E-state index in [1.54, 1.807) is 0 Å². The van der Waals surface area contributed by atoms with E-state index in [2.05, 4.69) is 0 Å². The largest absolute Gasteiger partial charge is 0.392 e. The zero-order chi connectivity index (χ0) is 14.9. The first-order valence-corrected chi connectivity index (χ1v) is 8.24. The molecule has 112 valence electrons. The van der Waals surface area contributed by atoms with Crippen molar-refractivity contribution in [2.45, 2.75) is 38.2 Å². The Morgan fingerprint density at radius 1 is 1.45 bits per heavy atom. The maximum atomic E-state index is 13.7. The lowest BCUT2D eigenvalue weighted by Crippen LogP contribution is -2.29. The second-order valence-electron chi connectivity index (χ2n) is 5.30. The molecule has 1 heterocycles. The van der Waals surface area contributed by atoms with Gasteiger partial charge in [0.05, 0.1) is 11.5 Å². The zero-order valence-corrected chi connectivity index (χ0v) is 12.6. The number of sulfonamides is 1. The van der Waals surface area contributed by atoms with Gasteiger partial charge in [-0.3, -0.25) is 0 Å². The van der Waals surface area contributed by atoms with Gasteiger partial charge in [0.25, 0.3) is 0 Å². The molecule has 1 aromatic rings. The predicted molar refractivity (Wildman–Crippen MR) is 74.2 cm³/mol. The van der Waals surface area contributed by atoms with Crippen LogP contribution >= 0.6 is 0 Å². The Morgan fingerprint density at radius 3 is 2.70 bits per heavy atom. The van der Waals surface area contributed by atoms with Gasteiger partial charge in [-0.25, -0.2) is 12.8 Å². The lowest BCUT2D eigenvalue weighted by atomic mass is 10.1. The fraction of sp³-hybridized carbons (Fsp3) is 0.571. The van der Waals surface area contributed by atoms with E-state index in [1.165, 1.54) is 23.4 Å². The minimum absolute atomic E-state index is 0.0230. The minimum Gasteiger partial charge on any atom is -0.392 e. The third-order valence-corrected chi connectivity index (χ3v) is 5.78. The molecule has 1 fully saturated rings. The summed E-state index contributed by atoms with van der Waals surface area (Å²) in [5.41, 5.74) is 0.260. The van der Waals surface area contributed by atoms with Gasteiger partial charge >= 0.3 is 0 Å². The molecule has 20 heavy (non-hydrogen) atoms. The summed E-state index contributed by atoms with van der Waals surface area (Å²) in [5, 5.41) is 9.13. The molecule has 2 rings (SSSR count). The summed E-state index contributed by atoms with van der Waals surface area (Å²) in [6.07, 6.45) is 1.82. The van der Waals surface area contributed by atoms with Crippen molar-refractivity contribution in [3.8, 4) is 0 Å². The van der Waals surface area contributed by atoms with E-state index in [4.69, 9.17) is 5.11 Å². The lowest BCUT2D eigenvalue weighted by molar-refractivity contribution is 0.275. The molecule has 1 N–H and O–H groups in total. The Kier molecular flexibility index (Phi) is 4.46. The van der Waals surface area contributed by atoms with E-state index in [0.29, 0.717) is 19.0 Å². The molecule has 1 saturated heterocycles. The lowest BCUT2D eigenvalue weighted by Gasteiger charge is -2.17. The number of nitrogens with zero attached hydrogens (tertiary/aromatic N) is 1. The van der Waals surface area contributed by atoms with Crippen LogP contribution < -0.4 is 0 Å². The van der Waals surface area contributed by atoms with Crippen molar-refractivity contribution in [3.05, 3.63) is 29.1 Å². The molecular weight excluding hydrogens is 281 g/mol. The number of aryl methyl sites for hydroxylation is 1. The maximum absolute atomic E-state index is 13.7. The number of halogens is 1. The number of rotatable bonds is 4. The van der Waals surface area contributed by atoms with Crippen molar-refractivity contribution in [2.24, 2.45) is 5.92 Å². The SMILES string of the molecule is CCC1CCN(S(=O)(=O)c2cc(C)c(F)c(CO)c2)C1. The molecule has 0 saturated carbocycles. The summed E-state index contributed by atoms with van der Waals surface area (Å²) >= 11 is 0. The smallest absolute Gasteiger partial charge is 0.243 e. The van der Waals surface area contributed by atoms with Gasteiger partial charge in [-0.15, -0.1) is 0 Å². The van der Waals surface area contributed by atoms with E-state index >= 15 is 0 Å². The zero-order valence-electron chi connectivity index (χ0n) is 11.8. The van der Waals surface area contributed by atoms with Gasteiger partial charge in [0.15, 0.2) is 0 Å². The Bertz CT molecular complexity index is 601. The third kappa shape index (κ3) is 2.73. The highest BCUT2D eigenvalue weighted by Crippen LogP contribution is 2.28. The van der Waals surface area contributed by atoms with Crippen molar-refractivity contribution in [3.63, 3.8) is 0 Å². The van der Waals surface area contributed by atoms with Crippen LogP contribution in [0.15, 0.2) is 17.0 Å². The Labute approximate surface area is 119 Å². The normalized spacial score (nSPS) is 20.5. The Balaban J connectivity index is 2.38. The van der Waals surface area contributed by atoms with Gasteiger partial charge in [-0.2, -0.15) is 4.31 Å². The van der Waals surface area contributed by atoms with E-state index < -0.39 is 22.4 Å². The van der Waals surface area contributed by atoms with Crippen LogP contribution in [0, 0.1) is 18.7 Å². The van der Waals surface area contributed by atoms with Crippen LogP contribution in [-0.4, -0.2) is 30.9 Å². The Hall–Kier alpha value is -0.980. The molecule has 1 aromatic carbocycles. The van der Waals surface area contributed by atoms with Crippen molar-refractivity contribution in [1.82, 2.24) is 4.31 Å². The highest BCUT2D eigenvalue weighted by Gasteiger charge is 2.32. The molecule has 0 radical (unpaired) electrons. The van der Waals surface area contributed by atoms with E-state index in [9.17, 15) is 12.8 Å². The van der Waals surface area contributed by atoms with Gasteiger partial charge in [0.1, 0.15) is 5.82 Å². The molecule has 0 aliphatic carbocycles. The number of hydrogen-bond acceptors (Lipinski definition) is 3. The van der Waals surface area contributed by atoms with Crippen LogP contribution in [0.3, 0.4) is 0 Å². The summed E-state index contributed by atoms with van der Waals surface area (Å²) in [7, 11) is -3.60. The molecule has 1 atom stereocenters. The van der Waals surface area contributed by atoms with Gasteiger partial charge in [0.2, 0.25) is 10.0 Å². The Morgan fingerprint density at radius 2 is 2.15 bits per heavy atom. The predicted octanol–water partition coefficient (Wildman–Crippen LogP) is 2.05. The molecule has 4 nitrogen and oxygen atoms in total. The van der Waals surface area contributed by atoms with Crippen LogP contribution in [0.5, 0.6) is 0 Å². The second kappa shape index (κ2) is 5.79. The van der Waals surface area contributed by atoms with E-state index in [0.717, 1.165) is 12.8 Å². The molecule has 0 spiro atoms. The minimum atomic E-state index is -3.60. The summed E-state index contributed by atoms with van der Waals surface area (Å²) in [5.74, 6) is -0.150. The third-order valence-electron chi connectivity index (χ3n) is 3.94. The topological polar surface area (TPSA) is 57.6 Å². The highest BCUT2D eigenvalue weighted by molar-refractivity contribution is 7.89. The fourth-order valence-corrected chi connectivity index (χ4v) is 4.24. The van der Waals surface area contributed by atoms with Crippen LogP contribution in [0.4, 0.5) is 4.39 Å². The summed E-state index contributed by atoms with van der Waals surface area (Å²) in [4.78, 5) is 0.0669. The summed E-state index contributed by atoms with van der Waals surface area (Å²) in [6, 6.07) is 2.57. The molecule has 0 amide bonds. The number of aliphatic hydroxyl groups is 1. The molecular formula is C14H20FNO3S. The first-order chi connectivity index (χ1) is 9.40. The maximum Gasteiger partial charge on any atom is 0.243 e. The first kappa shape index (κ1) is 15.4. The van der Waals surface area contributed by atoms with Crippen molar-refractivity contribution < 1.29 is 17.9 Å².